The predicted molar refractivity (Wildman–Crippen MR) is 110 cm³/mol. The van der Waals surface area contributed by atoms with Crippen molar-refractivity contribution in [1.82, 2.24) is 25.3 Å². The quantitative estimate of drug-likeness (QED) is 0.441. The molecular weight excluding hydrogens is 385 g/mol. The predicted octanol–water partition coefficient (Wildman–Crippen LogP) is 3.92. The van der Waals surface area contributed by atoms with Crippen LogP contribution in [0.25, 0.3) is 21.9 Å². The molecule has 0 bridgehead atoms. The first-order valence-corrected chi connectivity index (χ1v) is 9.30. The van der Waals surface area contributed by atoms with Crippen LogP contribution in [0.5, 0.6) is 0 Å². The van der Waals surface area contributed by atoms with Crippen molar-refractivity contribution in [3.05, 3.63) is 77.9 Å². The van der Waals surface area contributed by atoms with Crippen molar-refractivity contribution in [2.24, 2.45) is 0 Å². The van der Waals surface area contributed by atoms with Crippen LogP contribution in [-0.4, -0.2) is 25.3 Å². The average Bonchev–Trinajstić information content (AvgIpc) is 3.25. The standard InChI is InChI=1S/C21H16FN7O/c22-15-4-1-13(2-5-15)10-25-21-26-12-16-17(27-21)7-8-23-20(16)24-11-14-3-6-18-19(9-14)29-30-28-18/h1-9,12H,10-11H2,(H,23,24)(H,25,26,27). The first kappa shape index (κ1) is 17.9. The van der Waals surface area contributed by atoms with Crippen LogP contribution in [0.3, 0.4) is 0 Å². The number of aromatic nitrogens is 5. The molecule has 2 aromatic carbocycles. The van der Waals surface area contributed by atoms with E-state index in [-0.39, 0.29) is 5.82 Å². The van der Waals surface area contributed by atoms with Gasteiger partial charge < -0.3 is 10.6 Å². The number of anilines is 2. The molecule has 148 valence electrons. The Morgan fingerprint density at radius 1 is 0.800 bits per heavy atom. The molecule has 5 aromatic rings. The highest BCUT2D eigenvalue weighted by Gasteiger charge is 2.07. The summed E-state index contributed by atoms with van der Waals surface area (Å²) in [7, 11) is 0. The van der Waals surface area contributed by atoms with E-state index < -0.39 is 0 Å². The smallest absolute Gasteiger partial charge is 0.223 e. The largest absolute Gasteiger partial charge is 0.365 e. The van der Waals surface area contributed by atoms with Crippen LogP contribution >= 0.6 is 0 Å². The molecule has 2 N–H and O–H groups in total. The van der Waals surface area contributed by atoms with E-state index in [4.69, 9.17) is 4.63 Å². The first-order valence-electron chi connectivity index (χ1n) is 9.30. The third-order valence-corrected chi connectivity index (χ3v) is 4.65. The zero-order valence-corrected chi connectivity index (χ0v) is 15.7. The molecule has 0 aliphatic carbocycles. The molecule has 30 heavy (non-hydrogen) atoms. The molecule has 5 rings (SSSR count). The second-order valence-electron chi connectivity index (χ2n) is 6.71. The van der Waals surface area contributed by atoms with Gasteiger partial charge >= 0.3 is 0 Å². The van der Waals surface area contributed by atoms with Crippen LogP contribution < -0.4 is 10.6 Å². The molecule has 0 saturated heterocycles. The van der Waals surface area contributed by atoms with Crippen molar-refractivity contribution in [2.45, 2.75) is 13.1 Å². The second kappa shape index (κ2) is 7.70. The normalized spacial score (nSPS) is 11.1. The number of benzene rings is 2. The number of hydrogen-bond acceptors (Lipinski definition) is 8. The van der Waals surface area contributed by atoms with Crippen LogP contribution in [0.4, 0.5) is 16.2 Å². The van der Waals surface area contributed by atoms with E-state index in [9.17, 15) is 4.39 Å². The Balaban J connectivity index is 1.31. The molecule has 0 unspecified atom stereocenters. The van der Waals surface area contributed by atoms with Gasteiger partial charge in [-0.25, -0.2) is 24.0 Å². The lowest BCUT2D eigenvalue weighted by Crippen LogP contribution is -2.05. The fraction of sp³-hybridized carbons (Fsp3) is 0.0952. The van der Waals surface area contributed by atoms with Crippen molar-refractivity contribution >= 4 is 33.7 Å². The van der Waals surface area contributed by atoms with E-state index >= 15 is 0 Å². The van der Waals surface area contributed by atoms with Gasteiger partial charge in [0, 0.05) is 25.5 Å². The van der Waals surface area contributed by atoms with Gasteiger partial charge in [-0.15, -0.1) is 0 Å². The zero-order valence-electron chi connectivity index (χ0n) is 15.7. The van der Waals surface area contributed by atoms with Gasteiger partial charge in [-0.1, -0.05) is 18.2 Å². The van der Waals surface area contributed by atoms with E-state index in [1.54, 1.807) is 24.5 Å². The molecule has 0 aliphatic rings. The Morgan fingerprint density at radius 3 is 2.50 bits per heavy atom. The fourth-order valence-electron chi connectivity index (χ4n) is 3.09. The molecule has 0 atom stereocenters. The van der Waals surface area contributed by atoms with E-state index in [1.807, 2.05) is 24.3 Å². The summed E-state index contributed by atoms with van der Waals surface area (Å²) in [4.78, 5) is 13.3. The number of fused-ring (bicyclic) bond motifs is 2. The third-order valence-electron chi connectivity index (χ3n) is 4.65. The highest BCUT2D eigenvalue weighted by atomic mass is 19.1. The van der Waals surface area contributed by atoms with Crippen molar-refractivity contribution in [2.75, 3.05) is 10.6 Å². The molecule has 0 radical (unpaired) electrons. The number of rotatable bonds is 6. The molecule has 0 aliphatic heterocycles. The summed E-state index contributed by atoms with van der Waals surface area (Å²) in [5.41, 5.74) is 4.16. The Labute approximate surface area is 170 Å². The highest BCUT2D eigenvalue weighted by molar-refractivity contribution is 5.88. The van der Waals surface area contributed by atoms with E-state index in [0.717, 1.165) is 27.5 Å². The van der Waals surface area contributed by atoms with Gasteiger partial charge in [-0.2, -0.15) is 0 Å². The number of nitrogens with zero attached hydrogens (tertiary/aromatic N) is 5. The maximum Gasteiger partial charge on any atom is 0.223 e. The van der Waals surface area contributed by atoms with Crippen molar-refractivity contribution in [1.29, 1.82) is 0 Å². The van der Waals surface area contributed by atoms with Crippen molar-refractivity contribution in [3.63, 3.8) is 0 Å². The molecule has 0 saturated carbocycles. The fourth-order valence-corrected chi connectivity index (χ4v) is 3.09. The van der Waals surface area contributed by atoms with E-state index in [2.05, 4.69) is 35.9 Å². The summed E-state index contributed by atoms with van der Waals surface area (Å²) in [5, 5.41) is 15.0. The highest BCUT2D eigenvalue weighted by Crippen LogP contribution is 2.21. The summed E-state index contributed by atoms with van der Waals surface area (Å²) >= 11 is 0. The van der Waals surface area contributed by atoms with Gasteiger partial charge in [0.1, 0.15) is 22.7 Å². The molecule has 0 amide bonds. The lowest BCUT2D eigenvalue weighted by atomic mass is 10.2. The molecule has 3 heterocycles. The van der Waals surface area contributed by atoms with E-state index in [0.29, 0.717) is 30.4 Å². The second-order valence-corrected chi connectivity index (χ2v) is 6.71. The van der Waals surface area contributed by atoms with Gasteiger partial charge in [-0.05, 0) is 51.8 Å². The lowest BCUT2D eigenvalue weighted by Gasteiger charge is -2.10. The van der Waals surface area contributed by atoms with E-state index in [1.165, 1.54) is 12.1 Å². The third kappa shape index (κ3) is 3.72. The summed E-state index contributed by atoms with van der Waals surface area (Å²) < 4.78 is 17.8. The van der Waals surface area contributed by atoms with Crippen molar-refractivity contribution in [3.8, 4) is 0 Å². The van der Waals surface area contributed by atoms with Gasteiger partial charge in [0.15, 0.2) is 0 Å². The number of halogens is 1. The van der Waals surface area contributed by atoms with Crippen LogP contribution in [0.1, 0.15) is 11.1 Å². The molecule has 8 nitrogen and oxygen atoms in total. The maximum atomic E-state index is 13.0. The maximum absolute atomic E-state index is 13.0. The SMILES string of the molecule is Fc1ccc(CNc2ncc3c(NCc4ccc5nonc5c4)nccc3n2)cc1. The first-order chi connectivity index (χ1) is 14.7. The van der Waals surface area contributed by atoms with Gasteiger partial charge in [0.2, 0.25) is 5.95 Å². The summed E-state index contributed by atoms with van der Waals surface area (Å²) in [6.45, 7) is 1.06. The van der Waals surface area contributed by atoms with Crippen LogP contribution in [-0.2, 0) is 13.1 Å². The van der Waals surface area contributed by atoms with Gasteiger partial charge in [-0.3, -0.25) is 0 Å². The minimum Gasteiger partial charge on any atom is -0.365 e. The number of nitrogens with one attached hydrogen (secondary N) is 2. The average molecular weight is 401 g/mol. The minimum atomic E-state index is -0.258. The Kier molecular flexibility index (Phi) is 4.60. The number of pyridine rings is 1. The topological polar surface area (TPSA) is 102 Å². The summed E-state index contributed by atoms with van der Waals surface area (Å²) in [5.74, 6) is 0.926. The molecule has 3 aromatic heterocycles. The lowest BCUT2D eigenvalue weighted by molar-refractivity contribution is 0.315. The van der Waals surface area contributed by atoms with Crippen molar-refractivity contribution < 1.29 is 9.02 Å². The van der Waals surface area contributed by atoms with Gasteiger partial charge in [0.25, 0.3) is 0 Å². The molecule has 0 fully saturated rings. The zero-order chi connectivity index (χ0) is 20.3. The summed E-state index contributed by atoms with van der Waals surface area (Å²) in [6, 6.07) is 13.9. The Hall–Kier alpha value is -4.14. The Morgan fingerprint density at radius 2 is 1.60 bits per heavy atom. The monoisotopic (exact) mass is 401 g/mol. The number of hydrogen-bond donors (Lipinski definition) is 2. The minimum absolute atomic E-state index is 0.258. The molecular formula is C21H16FN7O. The van der Waals surface area contributed by atoms with Crippen LogP contribution in [0.15, 0.2) is 65.6 Å². The Bertz CT molecular complexity index is 1320. The summed E-state index contributed by atoms with van der Waals surface area (Å²) in [6.07, 6.45) is 3.43. The van der Waals surface area contributed by atoms with Gasteiger partial charge in [0.05, 0.1) is 10.9 Å². The van der Waals surface area contributed by atoms with Crippen LogP contribution in [0.2, 0.25) is 0 Å². The van der Waals surface area contributed by atoms with Crippen LogP contribution in [0, 0.1) is 5.82 Å². The molecule has 0 spiro atoms. The molecule has 9 heteroatoms.